The van der Waals surface area contributed by atoms with E-state index in [1.165, 1.54) is 4.31 Å². The second-order valence-corrected chi connectivity index (χ2v) is 7.98. The average molecular weight is 382 g/mol. The van der Waals surface area contributed by atoms with Crippen LogP contribution in [-0.4, -0.2) is 23.0 Å². The summed E-state index contributed by atoms with van der Waals surface area (Å²) in [6.45, 7) is 3.35. The molecule has 0 amide bonds. The number of hydrogen-bond donors (Lipinski definition) is 0. The number of rotatable bonds is 5. The van der Waals surface area contributed by atoms with Gasteiger partial charge in [-0.15, -0.1) is 0 Å². The molecule has 0 saturated heterocycles. The van der Waals surface area contributed by atoms with E-state index < -0.39 is 10.0 Å². The molecule has 4 aromatic rings. The Kier molecular flexibility index (Phi) is 4.19. The number of para-hydroxylation sites is 1. The van der Waals surface area contributed by atoms with Crippen molar-refractivity contribution in [2.45, 2.75) is 25.3 Å². The van der Waals surface area contributed by atoms with Crippen LogP contribution in [0.3, 0.4) is 0 Å². The van der Waals surface area contributed by atoms with Crippen LogP contribution in [0.25, 0.3) is 5.65 Å². The van der Waals surface area contributed by atoms with E-state index in [0.29, 0.717) is 11.4 Å². The van der Waals surface area contributed by atoms with E-state index in [2.05, 4.69) is 10.1 Å². The van der Waals surface area contributed by atoms with Crippen LogP contribution in [0.4, 0.5) is 5.69 Å². The molecule has 0 saturated carbocycles. The highest BCUT2D eigenvalue weighted by Crippen LogP contribution is 2.29. The van der Waals surface area contributed by atoms with E-state index in [0.717, 1.165) is 11.3 Å². The van der Waals surface area contributed by atoms with E-state index in [9.17, 15) is 8.42 Å². The molecule has 4 rings (SSSR count). The van der Waals surface area contributed by atoms with Gasteiger partial charge in [-0.05, 0) is 38.1 Å². The largest absolute Gasteiger partial charge is 0.360 e. The number of anilines is 1. The van der Waals surface area contributed by atoms with E-state index >= 15 is 0 Å². The lowest BCUT2D eigenvalue weighted by Crippen LogP contribution is -2.31. The molecule has 0 aliphatic carbocycles. The van der Waals surface area contributed by atoms with Crippen LogP contribution >= 0.6 is 0 Å². The van der Waals surface area contributed by atoms with E-state index in [1.807, 2.05) is 34.9 Å². The maximum atomic E-state index is 13.5. The highest BCUT2D eigenvalue weighted by atomic mass is 32.2. The van der Waals surface area contributed by atoms with Crippen LogP contribution in [-0.2, 0) is 16.6 Å². The third-order valence-corrected chi connectivity index (χ3v) is 6.38. The quantitative estimate of drug-likeness (QED) is 0.529. The van der Waals surface area contributed by atoms with Gasteiger partial charge in [-0.25, -0.2) is 13.4 Å². The molecule has 0 aliphatic heterocycles. The van der Waals surface area contributed by atoms with Crippen LogP contribution < -0.4 is 4.31 Å². The summed E-state index contributed by atoms with van der Waals surface area (Å²) in [6.07, 6.45) is 3.55. The van der Waals surface area contributed by atoms with Crippen molar-refractivity contribution in [1.29, 1.82) is 0 Å². The topological polar surface area (TPSA) is 80.7 Å². The van der Waals surface area contributed by atoms with Crippen molar-refractivity contribution in [3.8, 4) is 0 Å². The molecule has 8 heteroatoms. The summed E-state index contributed by atoms with van der Waals surface area (Å²) in [5, 5.41) is 3.81. The van der Waals surface area contributed by atoms with Gasteiger partial charge in [-0.2, -0.15) is 0 Å². The molecule has 0 N–H and O–H groups in total. The van der Waals surface area contributed by atoms with Gasteiger partial charge in [0.15, 0.2) is 10.7 Å². The van der Waals surface area contributed by atoms with Crippen LogP contribution in [0.2, 0.25) is 0 Å². The van der Waals surface area contributed by atoms with Crippen LogP contribution in [0, 0.1) is 13.8 Å². The Balaban J connectivity index is 1.86. The van der Waals surface area contributed by atoms with Gasteiger partial charge in [0.2, 0.25) is 0 Å². The Hall–Kier alpha value is -3.13. The predicted octanol–water partition coefficient (Wildman–Crippen LogP) is 3.33. The smallest absolute Gasteiger partial charge is 0.270 e. The zero-order valence-corrected chi connectivity index (χ0v) is 15.7. The molecule has 0 fully saturated rings. The number of hydrogen-bond acceptors (Lipinski definition) is 5. The third kappa shape index (κ3) is 2.97. The highest BCUT2D eigenvalue weighted by molar-refractivity contribution is 7.92. The number of fused-ring (bicyclic) bond motifs is 1. The molecule has 3 aromatic heterocycles. The van der Waals surface area contributed by atoms with Gasteiger partial charge in [0.1, 0.15) is 11.3 Å². The van der Waals surface area contributed by atoms with Crippen LogP contribution in [0.1, 0.15) is 17.1 Å². The normalized spacial score (nSPS) is 11.8. The number of aromatic nitrogens is 3. The summed E-state index contributed by atoms with van der Waals surface area (Å²) >= 11 is 0. The Labute approximate surface area is 156 Å². The van der Waals surface area contributed by atoms with Crippen molar-refractivity contribution >= 4 is 21.4 Å². The Morgan fingerprint density at radius 1 is 1.07 bits per heavy atom. The molecule has 0 aliphatic rings. The van der Waals surface area contributed by atoms with Crippen molar-refractivity contribution < 1.29 is 12.9 Å². The molecular weight excluding hydrogens is 364 g/mol. The molecule has 138 valence electrons. The fourth-order valence-corrected chi connectivity index (χ4v) is 4.84. The van der Waals surface area contributed by atoms with Gasteiger partial charge in [-0.1, -0.05) is 29.4 Å². The first-order chi connectivity index (χ1) is 13.0. The first kappa shape index (κ1) is 17.3. The summed E-state index contributed by atoms with van der Waals surface area (Å²) < 4.78 is 35.3. The number of imidazole rings is 1. The molecule has 0 radical (unpaired) electrons. The minimum Gasteiger partial charge on any atom is -0.360 e. The Morgan fingerprint density at radius 3 is 2.52 bits per heavy atom. The molecule has 0 spiro atoms. The van der Waals surface area contributed by atoms with E-state index in [-0.39, 0.29) is 17.2 Å². The molecular formula is C19H18N4O3S. The summed E-state index contributed by atoms with van der Waals surface area (Å²) in [5.41, 5.74) is 2.41. The van der Waals surface area contributed by atoms with Crippen LogP contribution in [0.15, 0.2) is 70.3 Å². The summed E-state index contributed by atoms with van der Waals surface area (Å²) in [7, 11) is -3.88. The minimum atomic E-state index is -3.88. The van der Waals surface area contributed by atoms with Crippen molar-refractivity contribution in [3.63, 3.8) is 0 Å². The standard InChI is InChI=1S/C19H18N4O3S/c1-14-19(15(2)26-21-14)27(24,25)23(16-8-4-3-5-9-16)13-17-12-20-18-10-6-7-11-22(17)18/h3-12H,13H2,1-2H3. The molecule has 0 bridgehead atoms. The first-order valence-corrected chi connectivity index (χ1v) is 9.84. The summed E-state index contributed by atoms with van der Waals surface area (Å²) in [6, 6.07) is 14.6. The van der Waals surface area contributed by atoms with Gasteiger partial charge in [0, 0.05) is 6.20 Å². The highest BCUT2D eigenvalue weighted by Gasteiger charge is 2.32. The second kappa shape index (κ2) is 6.55. The molecule has 3 heterocycles. The number of pyridine rings is 1. The van der Waals surface area contributed by atoms with E-state index in [4.69, 9.17) is 4.52 Å². The fraction of sp³-hybridized carbons (Fsp3) is 0.158. The molecule has 27 heavy (non-hydrogen) atoms. The average Bonchev–Trinajstić information content (AvgIpc) is 3.23. The minimum absolute atomic E-state index is 0.0974. The predicted molar refractivity (Wildman–Crippen MR) is 101 cm³/mol. The molecule has 7 nitrogen and oxygen atoms in total. The van der Waals surface area contributed by atoms with Gasteiger partial charge < -0.3 is 8.92 Å². The number of benzene rings is 1. The molecule has 0 atom stereocenters. The fourth-order valence-electron chi connectivity index (χ4n) is 3.11. The van der Waals surface area contributed by atoms with Gasteiger partial charge in [0.05, 0.1) is 24.1 Å². The van der Waals surface area contributed by atoms with Crippen molar-refractivity contribution in [2.75, 3.05) is 4.31 Å². The van der Waals surface area contributed by atoms with Crippen molar-refractivity contribution in [3.05, 3.63) is 78.1 Å². The second-order valence-electron chi connectivity index (χ2n) is 6.18. The van der Waals surface area contributed by atoms with Crippen LogP contribution in [0.5, 0.6) is 0 Å². The zero-order chi connectivity index (χ0) is 19.0. The third-order valence-electron chi connectivity index (χ3n) is 4.36. The zero-order valence-electron chi connectivity index (χ0n) is 14.9. The van der Waals surface area contributed by atoms with Gasteiger partial charge in [-0.3, -0.25) is 4.31 Å². The molecule has 1 aromatic carbocycles. The Bertz CT molecular complexity index is 1180. The lowest BCUT2D eigenvalue weighted by molar-refractivity contribution is 0.390. The first-order valence-electron chi connectivity index (χ1n) is 8.40. The SMILES string of the molecule is Cc1noc(C)c1S(=O)(=O)N(Cc1cnc2ccccn12)c1ccccc1. The summed E-state index contributed by atoms with van der Waals surface area (Å²) in [4.78, 5) is 4.45. The monoisotopic (exact) mass is 382 g/mol. The van der Waals surface area contributed by atoms with Gasteiger partial charge >= 0.3 is 0 Å². The maximum Gasteiger partial charge on any atom is 0.270 e. The van der Waals surface area contributed by atoms with Crippen molar-refractivity contribution in [1.82, 2.24) is 14.5 Å². The number of aryl methyl sites for hydroxylation is 2. The maximum absolute atomic E-state index is 13.5. The lowest BCUT2D eigenvalue weighted by atomic mass is 10.3. The summed E-state index contributed by atoms with van der Waals surface area (Å²) in [5.74, 6) is 0.270. The van der Waals surface area contributed by atoms with Crippen molar-refractivity contribution in [2.24, 2.45) is 0 Å². The van der Waals surface area contributed by atoms with E-state index in [1.54, 1.807) is 44.3 Å². The molecule has 0 unspecified atom stereocenters. The number of nitrogens with zero attached hydrogens (tertiary/aromatic N) is 4. The number of sulfonamides is 1. The van der Waals surface area contributed by atoms with Gasteiger partial charge in [0.25, 0.3) is 10.0 Å². The lowest BCUT2D eigenvalue weighted by Gasteiger charge is -2.24. The Morgan fingerprint density at radius 2 is 1.81 bits per heavy atom.